The molecule has 1 aliphatic rings. The Morgan fingerprint density at radius 1 is 1.11 bits per heavy atom. The van der Waals surface area contributed by atoms with Gasteiger partial charge in [0.1, 0.15) is 0 Å². The molecule has 1 aromatic carbocycles. The zero-order valence-corrected chi connectivity index (χ0v) is 23.9. The molecule has 2 amide bonds. The molecule has 10 heteroatoms. The molecule has 2 aromatic heterocycles. The lowest BCUT2D eigenvalue weighted by Gasteiger charge is -2.26. The Balaban J connectivity index is 1.86. The number of halogens is 2. The fraction of sp³-hybridized carbons (Fsp3) is 0.393. The van der Waals surface area contributed by atoms with Crippen molar-refractivity contribution in [2.24, 2.45) is 0 Å². The number of thiophene rings is 1. The Bertz CT molecular complexity index is 1370. The summed E-state index contributed by atoms with van der Waals surface area (Å²) in [5, 5.41) is 10.5. The zero-order chi connectivity index (χ0) is 27.1. The molecule has 0 saturated carbocycles. The number of nitrogens with one attached hydrogen (secondary N) is 2. The number of amides is 2. The highest BCUT2D eigenvalue weighted by Gasteiger charge is 2.28. The van der Waals surface area contributed by atoms with E-state index in [9.17, 15) is 9.59 Å². The number of hydrazine groups is 1. The highest BCUT2D eigenvalue weighted by Crippen LogP contribution is 2.36. The third-order valence-corrected chi connectivity index (χ3v) is 7.71. The van der Waals surface area contributed by atoms with Gasteiger partial charge in [0.05, 0.1) is 26.2 Å². The predicted molar refractivity (Wildman–Crippen MR) is 154 cm³/mol. The van der Waals surface area contributed by atoms with Crippen molar-refractivity contribution in [2.75, 3.05) is 13.1 Å². The molecule has 4 rings (SSSR count). The van der Waals surface area contributed by atoms with Crippen molar-refractivity contribution in [1.29, 1.82) is 0 Å². The van der Waals surface area contributed by atoms with Crippen LogP contribution < -0.4 is 10.7 Å². The van der Waals surface area contributed by atoms with E-state index in [2.05, 4.69) is 29.5 Å². The van der Waals surface area contributed by atoms with Gasteiger partial charge in [-0.2, -0.15) is 5.10 Å². The van der Waals surface area contributed by atoms with E-state index in [4.69, 9.17) is 28.3 Å². The van der Waals surface area contributed by atoms with Crippen LogP contribution in [-0.4, -0.2) is 39.7 Å². The molecule has 38 heavy (non-hydrogen) atoms. The van der Waals surface area contributed by atoms with Gasteiger partial charge in [-0.05, 0) is 49.6 Å². The predicted octanol–water partition coefficient (Wildman–Crippen LogP) is 6.22. The maximum atomic E-state index is 13.6. The quantitative estimate of drug-likeness (QED) is 0.315. The molecule has 0 unspecified atom stereocenters. The van der Waals surface area contributed by atoms with Gasteiger partial charge in [-0.15, -0.1) is 11.3 Å². The standard InChI is InChI=1S/C28H31Cl2N5O2S/c1-3-5-7-10-20-12-14-24(38-20)27-21(18-31-25(36)4-2)26(28(37)33-34-15-8-6-9-16-34)32-35(27)23-13-11-19(29)17-22(23)30/h11-14,17H,3-6,8-9,15-16,18H2,1-2H3,(H,31,36)(H,33,37). The van der Waals surface area contributed by atoms with Crippen LogP contribution >= 0.6 is 34.5 Å². The van der Waals surface area contributed by atoms with Crippen molar-refractivity contribution in [3.05, 3.63) is 56.5 Å². The molecule has 1 fully saturated rings. The van der Waals surface area contributed by atoms with E-state index in [1.807, 2.05) is 17.1 Å². The highest BCUT2D eigenvalue weighted by atomic mass is 35.5. The summed E-state index contributed by atoms with van der Waals surface area (Å²) < 4.78 is 1.67. The lowest BCUT2D eigenvalue weighted by atomic mass is 10.1. The summed E-state index contributed by atoms with van der Waals surface area (Å²) >= 11 is 14.3. The number of piperidine rings is 1. The first kappa shape index (κ1) is 28.2. The second kappa shape index (κ2) is 13.3. The minimum Gasteiger partial charge on any atom is -0.352 e. The highest BCUT2D eigenvalue weighted by molar-refractivity contribution is 7.16. The topological polar surface area (TPSA) is 79.3 Å². The molecule has 3 aromatic rings. The summed E-state index contributed by atoms with van der Waals surface area (Å²) in [6.07, 6.45) is 5.34. The van der Waals surface area contributed by atoms with Crippen LogP contribution in [0.4, 0.5) is 0 Å². The number of carbonyl (C=O) groups is 2. The first-order valence-electron chi connectivity index (χ1n) is 12.9. The smallest absolute Gasteiger partial charge is 0.286 e. The van der Waals surface area contributed by atoms with Crippen LogP contribution in [0.15, 0.2) is 30.3 Å². The second-order valence-electron chi connectivity index (χ2n) is 9.02. The molecule has 0 spiro atoms. The van der Waals surface area contributed by atoms with Gasteiger partial charge in [0.15, 0.2) is 5.69 Å². The SMILES string of the molecule is CCCC#Cc1ccc(-c2c(CNC(=O)CC)c(C(=O)NN3CCCCC3)nn2-c2ccc(Cl)cc2Cl)s1. The summed E-state index contributed by atoms with van der Waals surface area (Å²) in [6, 6.07) is 9.08. The molecule has 3 heterocycles. The minimum atomic E-state index is -0.322. The fourth-order valence-electron chi connectivity index (χ4n) is 4.20. The van der Waals surface area contributed by atoms with Crippen molar-refractivity contribution >= 4 is 46.4 Å². The average Bonchev–Trinajstić information content (AvgIpc) is 3.52. The van der Waals surface area contributed by atoms with Crippen molar-refractivity contribution in [2.45, 2.75) is 58.9 Å². The lowest BCUT2D eigenvalue weighted by Crippen LogP contribution is -2.45. The Labute approximate surface area is 237 Å². The summed E-state index contributed by atoms with van der Waals surface area (Å²) in [4.78, 5) is 27.6. The molecular formula is C28H31Cl2N5O2S. The number of rotatable bonds is 8. The van der Waals surface area contributed by atoms with Crippen LogP contribution in [0.1, 0.15) is 73.3 Å². The third-order valence-electron chi connectivity index (χ3n) is 6.16. The minimum absolute atomic E-state index is 0.118. The Kier molecular flexibility index (Phi) is 9.86. The van der Waals surface area contributed by atoms with Gasteiger partial charge in [-0.25, -0.2) is 9.69 Å². The molecule has 200 valence electrons. The van der Waals surface area contributed by atoms with E-state index >= 15 is 0 Å². The molecular weight excluding hydrogens is 541 g/mol. The number of hydrogen-bond acceptors (Lipinski definition) is 5. The maximum absolute atomic E-state index is 13.6. The van der Waals surface area contributed by atoms with Crippen LogP contribution in [0.2, 0.25) is 10.0 Å². The lowest BCUT2D eigenvalue weighted by molar-refractivity contribution is -0.120. The fourth-order valence-corrected chi connectivity index (χ4v) is 5.63. The van der Waals surface area contributed by atoms with Crippen LogP contribution in [0.25, 0.3) is 16.3 Å². The van der Waals surface area contributed by atoms with E-state index in [1.165, 1.54) is 11.3 Å². The van der Waals surface area contributed by atoms with Gasteiger partial charge in [0.2, 0.25) is 5.91 Å². The molecule has 1 aliphatic heterocycles. The van der Waals surface area contributed by atoms with Crippen molar-refractivity contribution < 1.29 is 9.59 Å². The van der Waals surface area contributed by atoms with Crippen molar-refractivity contribution in [3.8, 4) is 28.1 Å². The molecule has 0 atom stereocenters. The molecule has 2 N–H and O–H groups in total. The van der Waals surface area contributed by atoms with E-state index in [0.717, 1.165) is 54.9 Å². The van der Waals surface area contributed by atoms with Crippen LogP contribution in [0.5, 0.6) is 0 Å². The molecule has 0 aliphatic carbocycles. The molecule has 0 radical (unpaired) electrons. The van der Waals surface area contributed by atoms with E-state index in [-0.39, 0.29) is 24.1 Å². The number of unbranched alkanes of at least 4 members (excludes halogenated alkanes) is 1. The molecule has 7 nitrogen and oxygen atoms in total. The summed E-state index contributed by atoms with van der Waals surface area (Å²) in [7, 11) is 0. The van der Waals surface area contributed by atoms with E-state index in [0.29, 0.717) is 33.4 Å². The first-order chi connectivity index (χ1) is 18.4. The van der Waals surface area contributed by atoms with Gasteiger partial charge < -0.3 is 5.32 Å². The van der Waals surface area contributed by atoms with Gasteiger partial charge in [0, 0.05) is 43.1 Å². The zero-order valence-electron chi connectivity index (χ0n) is 21.6. The van der Waals surface area contributed by atoms with Crippen molar-refractivity contribution in [3.63, 3.8) is 0 Å². The van der Waals surface area contributed by atoms with Crippen LogP contribution in [0.3, 0.4) is 0 Å². The monoisotopic (exact) mass is 571 g/mol. The largest absolute Gasteiger partial charge is 0.352 e. The second-order valence-corrected chi connectivity index (χ2v) is 10.9. The van der Waals surface area contributed by atoms with Gasteiger partial charge in [-0.1, -0.05) is 55.3 Å². The van der Waals surface area contributed by atoms with E-state index in [1.54, 1.807) is 29.8 Å². The number of aromatic nitrogens is 2. The van der Waals surface area contributed by atoms with Gasteiger partial charge >= 0.3 is 0 Å². The number of nitrogens with zero attached hydrogens (tertiary/aromatic N) is 3. The Morgan fingerprint density at radius 2 is 1.89 bits per heavy atom. The summed E-state index contributed by atoms with van der Waals surface area (Å²) in [5.41, 5.74) is 5.13. The number of hydrogen-bond donors (Lipinski definition) is 2. The van der Waals surface area contributed by atoms with Gasteiger partial charge in [-0.3, -0.25) is 15.0 Å². The number of carbonyl (C=O) groups excluding carboxylic acids is 2. The Hall–Kier alpha value is -2.83. The number of benzene rings is 1. The van der Waals surface area contributed by atoms with E-state index < -0.39 is 0 Å². The molecule has 1 saturated heterocycles. The summed E-state index contributed by atoms with van der Waals surface area (Å²) in [5.74, 6) is 5.96. The summed E-state index contributed by atoms with van der Waals surface area (Å²) in [6.45, 7) is 5.60. The normalized spacial score (nSPS) is 13.6. The van der Waals surface area contributed by atoms with Crippen LogP contribution in [0, 0.1) is 11.8 Å². The molecule has 0 bridgehead atoms. The van der Waals surface area contributed by atoms with Crippen LogP contribution in [-0.2, 0) is 11.3 Å². The maximum Gasteiger partial charge on any atom is 0.286 e. The average molecular weight is 573 g/mol. The Morgan fingerprint density at radius 3 is 2.61 bits per heavy atom. The van der Waals surface area contributed by atoms with Gasteiger partial charge in [0.25, 0.3) is 5.91 Å². The third kappa shape index (κ3) is 6.78. The van der Waals surface area contributed by atoms with Crippen molar-refractivity contribution in [1.82, 2.24) is 25.5 Å². The first-order valence-corrected chi connectivity index (χ1v) is 14.5.